The Morgan fingerprint density at radius 2 is 1.74 bits per heavy atom. The van der Waals surface area contributed by atoms with Crippen LogP contribution in [0.5, 0.6) is 0 Å². The van der Waals surface area contributed by atoms with Crippen molar-refractivity contribution >= 4 is 9.84 Å². The highest BCUT2D eigenvalue weighted by Gasteiger charge is 2.20. The van der Waals surface area contributed by atoms with Crippen molar-refractivity contribution in [2.45, 2.75) is 62.6 Å². The third-order valence-corrected chi connectivity index (χ3v) is 5.58. The summed E-state index contributed by atoms with van der Waals surface area (Å²) in [5.74, 6) is 0.327. The molecule has 0 heterocycles. The lowest BCUT2D eigenvalue weighted by molar-refractivity contribution is 0.567. The summed E-state index contributed by atoms with van der Waals surface area (Å²) in [7, 11) is -3.19. The first-order valence-electron chi connectivity index (χ1n) is 6.84. The molecule has 0 amide bonds. The van der Waals surface area contributed by atoms with Gasteiger partial charge >= 0.3 is 0 Å². The van der Waals surface area contributed by atoms with Crippen molar-refractivity contribution < 1.29 is 8.42 Å². The smallest absolute Gasteiger partial charge is 0.180 e. The van der Waals surface area contributed by atoms with Crippen molar-refractivity contribution in [2.24, 2.45) is 5.73 Å². The van der Waals surface area contributed by atoms with Crippen LogP contribution in [0, 0.1) is 0 Å². The van der Waals surface area contributed by atoms with Gasteiger partial charge in [-0.1, -0.05) is 19.1 Å². The van der Waals surface area contributed by atoms with Crippen LogP contribution < -0.4 is 5.73 Å². The van der Waals surface area contributed by atoms with Crippen LogP contribution in [0.2, 0.25) is 0 Å². The van der Waals surface area contributed by atoms with Gasteiger partial charge in [0.05, 0.1) is 10.1 Å². The number of nitrogens with two attached hydrogens (primary N) is 1. The summed E-state index contributed by atoms with van der Waals surface area (Å²) >= 11 is 0. The second-order valence-corrected chi connectivity index (χ2v) is 8.13. The molecule has 1 aromatic rings. The highest BCUT2D eigenvalue weighted by Crippen LogP contribution is 2.25. The molecule has 0 aliphatic carbocycles. The lowest BCUT2D eigenvalue weighted by Crippen LogP contribution is -2.16. The van der Waals surface area contributed by atoms with E-state index in [1.807, 2.05) is 19.1 Å². The molecule has 108 valence electrons. The maximum Gasteiger partial charge on any atom is 0.180 e. The first kappa shape index (κ1) is 16.2. The highest BCUT2D eigenvalue weighted by molar-refractivity contribution is 7.92. The Balaban J connectivity index is 2.95. The van der Waals surface area contributed by atoms with Gasteiger partial charge in [-0.2, -0.15) is 0 Å². The molecule has 0 bridgehead atoms. The lowest BCUT2D eigenvalue weighted by atomic mass is 9.95. The van der Waals surface area contributed by atoms with Crippen molar-refractivity contribution in [3.8, 4) is 0 Å². The van der Waals surface area contributed by atoms with Crippen LogP contribution in [0.1, 0.15) is 52.0 Å². The molecule has 1 rings (SSSR count). The number of sulfone groups is 1. The molecule has 2 unspecified atom stereocenters. The zero-order chi connectivity index (χ0) is 14.6. The van der Waals surface area contributed by atoms with E-state index in [0.717, 1.165) is 18.4 Å². The molecule has 0 aliphatic rings. The van der Waals surface area contributed by atoms with E-state index >= 15 is 0 Å². The van der Waals surface area contributed by atoms with Crippen molar-refractivity contribution in [3.05, 3.63) is 29.8 Å². The second-order valence-electron chi connectivity index (χ2n) is 5.62. The van der Waals surface area contributed by atoms with Crippen molar-refractivity contribution in [3.63, 3.8) is 0 Å². The molecular formula is C15H25NO2S. The molecule has 0 spiro atoms. The Bertz CT molecular complexity index is 507. The molecule has 0 aromatic heterocycles. The Labute approximate surface area is 117 Å². The second kappa shape index (κ2) is 6.53. The summed E-state index contributed by atoms with van der Waals surface area (Å²) in [4.78, 5) is 0.424. The van der Waals surface area contributed by atoms with Crippen LogP contribution >= 0.6 is 0 Å². The molecule has 19 heavy (non-hydrogen) atoms. The third-order valence-electron chi connectivity index (χ3n) is 3.43. The molecule has 0 saturated carbocycles. The topological polar surface area (TPSA) is 60.2 Å². The van der Waals surface area contributed by atoms with Crippen LogP contribution in [0.3, 0.4) is 0 Å². The third kappa shape index (κ3) is 4.32. The first-order valence-corrected chi connectivity index (χ1v) is 8.39. The molecule has 0 radical (unpaired) electrons. The van der Waals surface area contributed by atoms with Crippen molar-refractivity contribution in [1.82, 2.24) is 0 Å². The standard InChI is InChI=1S/C15H25NO2S/c1-11(2)19(17,18)15-7-5-6-14(10-15)12(3)8-9-13(4)16/h5-7,10-13H,8-9,16H2,1-4H3. The summed E-state index contributed by atoms with van der Waals surface area (Å²) in [6.07, 6.45) is 1.92. The van der Waals surface area contributed by atoms with Crippen molar-refractivity contribution in [1.29, 1.82) is 0 Å². The minimum absolute atomic E-state index is 0.185. The Kier molecular flexibility index (Phi) is 5.56. The molecular weight excluding hydrogens is 258 g/mol. The zero-order valence-electron chi connectivity index (χ0n) is 12.3. The van der Waals surface area contributed by atoms with Crippen LogP contribution in [0.4, 0.5) is 0 Å². The van der Waals surface area contributed by atoms with Crippen LogP contribution in [0.15, 0.2) is 29.2 Å². The summed E-state index contributed by atoms with van der Waals surface area (Å²) in [6.45, 7) is 7.53. The van der Waals surface area contributed by atoms with Crippen LogP contribution in [0.25, 0.3) is 0 Å². The van der Waals surface area contributed by atoms with Gasteiger partial charge in [0.15, 0.2) is 9.84 Å². The maximum absolute atomic E-state index is 12.2. The van der Waals surface area contributed by atoms with E-state index in [-0.39, 0.29) is 11.3 Å². The monoisotopic (exact) mass is 283 g/mol. The van der Waals surface area contributed by atoms with E-state index in [2.05, 4.69) is 6.92 Å². The largest absolute Gasteiger partial charge is 0.328 e. The van der Waals surface area contributed by atoms with E-state index in [1.54, 1.807) is 26.0 Å². The summed E-state index contributed by atoms with van der Waals surface area (Å²) < 4.78 is 24.3. The number of rotatable bonds is 6. The highest BCUT2D eigenvalue weighted by atomic mass is 32.2. The van der Waals surface area contributed by atoms with Gasteiger partial charge in [0, 0.05) is 6.04 Å². The summed E-state index contributed by atoms with van der Waals surface area (Å²) in [5.41, 5.74) is 6.83. The summed E-state index contributed by atoms with van der Waals surface area (Å²) in [6, 6.07) is 7.49. The van der Waals surface area contributed by atoms with E-state index in [9.17, 15) is 8.42 Å². The minimum Gasteiger partial charge on any atom is -0.328 e. The Hall–Kier alpha value is -0.870. The van der Waals surface area contributed by atoms with E-state index < -0.39 is 9.84 Å². The average Bonchev–Trinajstić information content (AvgIpc) is 2.35. The molecule has 0 saturated heterocycles. The average molecular weight is 283 g/mol. The van der Waals surface area contributed by atoms with Gasteiger partial charge in [0.1, 0.15) is 0 Å². The molecule has 2 atom stereocenters. The molecule has 1 aromatic carbocycles. The summed E-state index contributed by atoms with van der Waals surface area (Å²) in [5, 5.41) is -0.387. The maximum atomic E-state index is 12.2. The molecule has 0 fully saturated rings. The molecule has 0 aliphatic heterocycles. The normalized spacial score (nSPS) is 15.5. The Morgan fingerprint density at radius 3 is 2.26 bits per heavy atom. The predicted octanol–water partition coefficient (Wildman–Crippen LogP) is 3.10. The number of hydrogen-bond acceptors (Lipinski definition) is 3. The predicted molar refractivity (Wildman–Crippen MR) is 80.1 cm³/mol. The van der Waals surface area contributed by atoms with E-state index in [0.29, 0.717) is 10.8 Å². The van der Waals surface area contributed by atoms with Gasteiger partial charge in [0.25, 0.3) is 0 Å². The first-order chi connectivity index (χ1) is 8.75. The molecule has 3 nitrogen and oxygen atoms in total. The van der Waals surface area contributed by atoms with Crippen LogP contribution in [-0.2, 0) is 9.84 Å². The fourth-order valence-electron chi connectivity index (χ4n) is 1.95. The van der Waals surface area contributed by atoms with Crippen molar-refractivity contribution in [2.75, 3.05) is 0 Å². The van der Waals surface area contributed by atoms with Gasteiger partial charge in [-0.05, 0) is 57.2 Å². The van der Waals surface area contributed by atoms with Gasteiger partial charge in [0.2, 0.25) is 0 Å². The van der Waals surface area contributed by atoms with Gasteiger partial charge in [-0.3, -0.25) is 0 Å². The SMILES string of the molecule is CC(N)CCC(C)c1cccc(S(=O)(=O)C(C)C)c1. The van der Waals surface area contributed by atoms with Gasteiger partial charge in [-0.25, -0.2) is 8.42 Å². The molecule has 4 heteroatoms. The van der Waals surface area contributed by atoms with E-state index in [4.69, 9.17) is 5.73 Å². The zero-order valence-corrected chi connectivity index (χ0v) is 13.1. The fraction of sp³-hybridized carbons (Fsp3) is 0.600. The van der Waals surface area contributed by atoms with Crippen LogP contribution in [-0.4, -0.2) is 19.7 Å². The van der Waals surface area contributed by atoms with E-state index in [1.165, 1.54) is 0 Å². The van der Waals surface area contributed by atoms with Gasteiger partial charge in [-0.15, -0.1) is 0 Å². The fourth-order valence-corrected chi connectivity index (χ4v) is 3.06. The van der Waals surface area contributed by atoms with Gasteiger partial charge < -0.3 is 5.73 Å². The lowest BCUT2D eigenvalue weighted by Gasteiger charge is -2.15. The quantitative estimate of drug-likeness (QED) is 0.872. The Morgan fingerprint density at radius 1 is 1.11 bits per heavy atom. The number of benzene rings is 1. The minimum atomic E-state index is -3.19. The number of hydrogen-bond donors (Lipinski definition) is 1. The molecule has 2 N–H and O–H groups in total.